The molecule has 1 amide bonds. The summed E-state index contributed by atoms with van der Waals surface area (Å²) < 4.78 is 26.7. The highest BCUT2D eigenvalue weighted by Crippen LogP contribution is 2.21. The van der Waals surface area contributed by atoms with E-state index in [1.54, 1.807) is 16.2 Å². The van der Waals surface area contributed by atoms with Gasteiger partial charge in [-0.25, -0.2) is 8.42 Å². The number of carbonyl (C=O) groups excluding carboxylic acids is 1. The van der Waals surface area contributed by atoms with Gasteiger partial charge < -0.3 is 4.90 Å². The number of thiophene rings is 1. The van der Waals surface area contributed by atoms with Crippen LogP contribution in [0, 0.1) is 10.1 Å². The number of hydrogen-bond donors (Lipinski definition) is 0. The summed E-state index contributed by atoms with van der Waals surface area (Å²) in [5.74, 6) is 0.0218. The molecular weight excluding hydrogens is 390 g/mol. The van der Waals surface area contributed by atoms with Crippen molar-refractivity contribution in [1.29, 1.82) is 0 Å². The van der Waals surface area contributed by atoms with E-state index in [1.807, 2.05) is 16.8 Å². The third-order valence-electron chi connectivity index (χ3n) is 4.48. The maximum Gasteiger partial charge on any atom is 0.269 e. The monoisotopic (exact) mass is 409 g/mol. The van der Waals surface area contributed by atoms with Crippen LogP contribution in [-0.4, -0.2) is 54.6 Å². The van der Waals surface area contributed by atoms with Gasteiger partial charge >= 0.3 is 0 Å². The Bertz CT molecular complexity index is 903. The molecule has 0 atom stereocenters. The standard InChI is InChI=1S/C17H19N3O5S2/c21-17(6-1-14-7-12-26-13-14)18-8-10-19(11-9-18)27(24,25)16-4-2-15(3-5-16)20(22)23/h2-5,7,12-13H,1,6,8-11H2. The third kappa shape index (κ3) is 4.52. The van der Waals surface area contributed by atoms with E-state index in [-0.39, 0.29) is 29.6 Å². The van der Waals surface area contributed by atoms with Crippen LogP contribution in [0.25, 0.3) is 0 Å². The Balaban J connectivity index is 1.57. The van der Waals surface area contributed by atoms with Gasteiger partial charge in [0.15, 0.2) is 0 Å². The largest absolute Gasteiger partial charge is 0.340 e. The van der Waals surface area contributed by atoms with Crippen molar-refractivity contribution < 1.29 is 18.1 Å². The Morgan fingerprint density at radius 1 is 1.11 bits per heavy atom. The molecule has 0 radical (unpaired) electrons. The van der Waals surface area contributed by atoms with Crippen LogP contribution in [0.2, 0.25) is 0 Å². The van der Waals surface area contributed by atoms with Crippen LogP contribution in [0.3, 0.4) is 0 Å². The number of sulfonamides is 1. The summed E-state index contributed by atoms with van der Waals surface area (Å²) in [4.78, 5) is 24.2. The highest BCUT2D eigenvalue weighted by Gasteiger charge is 2.30. The predicted octanol–water partition coefficient (Wildman–Crippen LogP) is 2.12. The number of non-ortho nitro benzene ring substituents is 1. The van der Waals surface area contributed by atoms with Crippen molar-refractivity contribution in [3.05, 3.63) is 56.8 Å². The van der Waals surface area contributed by atoms with Crippen molar-refractivity contribution in [2.45, 2.75) is 17.7 Å². The lowest BCUT2D eigenvalue weighted by molar-refractivity contribution is -0.384. The first-order valence-corrected chi connectivity index (χ1v) is 10.8. The van der Waals surface area contributed by atoms with Gasteiger partial charge in [-0.2, -0.15) is 15.6 Å². The predicted molar refractivity (Wildman–Crippen MR) is 101 cm³/mol. The molecule has 2 aromatic rings. The Morgan fingerprint density at radius 3 is 2.33 bits per heavy atom. The summed E-state index contributed by atoms with van der Waals surface area (Å²) >= 11 is 1.59. The molecule has 1 aromatic carbocycles. The maximum atomic E-state index is 12.7. The van der Waals surface area contributed by atoms with Crippen LogP contribution in [0.5, 0.6) is 0 Å². The van der Waals surface area contributed by atoms with E-state index in [0.29, 0.717) is 25.9 Å². The maximum absolute atomic E-state index is 12.7. The fraction of sp³-hybridized carbons (Fsp3) is 0.353. The van der Waals surface area contributed by atoms with E-state index in [2.05, 4.69) is 0 Å². The molecule has 2 heterocycles. The number of piperazine rings is 1. The number of benzene rings is 1. The van der Waals surface area contributed by atoms with Crippen LogP contribution < -0.4 is 0 Å². The zero-order valence-corrected chi connectivity index (χ0v) is 16.1. The van der Waals surface area contributed by atoms with Crippen molar-refractivity contribution in [3.63, 3.8) is 0 Å². The molecule has 1 fully saturated rings. The fourth-order valence-electron chi connectivity index (χ4n) is 2.91. The fourth-order valence-corrected chi connectivity index (χ4v) is 5.04. The van der Waals surface area contributed by atoms with Gasteiger partial charge in [0.2, 0.25) is 15.9 Å². The van der Waals surface area contributed by atoms with Gasteiger partial charge in [-0.15, -0.1) is 0 Å². The molecule has 27 heavy (non-hydrogen) atoms. The van der Waals surface area contributed by atoms with Crippen molar-refractivity contribution >= 4 is 33.0 Å². The van der Waals surface area contributed by atoms with Gasteiger partial charge in [-0.1, -0.05) is 0 Å². The molecule has 1 aliphatic rings. The van der Waals surface area contributed by atoms with Crippen LogP contribution >= 0.6 is 11.3 Å². The Kier molecular flexibility index (Phi) is 5.88. The van der Waals surface area contributed by atoms with Gasteiger partial charge in [0, 0.05) is 44.7 Å². The summed E-state index contributed by atoms with van der Waals surface area (Å²) in [6.07, 6.45) is 1.09. The number of nitro benzene ring substituents is 1. The first-order valence-electron chi connectivity index (χ1n) is 8.41. The van der Waals surface area contributed by atoms with Gasteiger partial charge in [-0.05, 0) is 40.9 Å². The summed E-state index contributed by atoms with van der Waals surface area (Å²) in [6.45, 7) is 1.11. The second kappa shape index (κ2) is 8.15. The third-order valence-corrected chi connectivity index (χ3v) is 7.13. The van der Waals surface area contributed by atoms with Crippen LogP contribution in [-0.2, 0) is 21.2 Å². The zero-order chi connectivity index (χ0) is 19.4. The summed E-state index contributed by atoms with van der Waals surface area (Å²) in [6, 6.07) is 6.83. The second-order valence-electron chi connectivity index (χ2n) is 6.17. The molecule has 1 aliphatic heterocycles. The molecule has 1 aromatic heterocycles. The minimum absolute atomic E-state index is 0.0188. The van der Waals surface area contributed by atoms with Gasteiger partial charge in [0.25, 0.3) is 5.69 Å². The minimum Gasteiger partial charge on any atom is -0.340 e. The number of aryl methyl sites for hydroxylation is 1. The highest BCUT2D eigenvalue weighted by molar-refractivity contribution is 7.89. The lowest BCUT2D eigenvalue weighted by Crippen LogP contribution is -2.50. The highest BCUT2D eigenvalue weighted by atomic mass is 32.2. The molecule has 0 aliphatic carbocycles. The summed E-state index contributed by atoms with van der Waals surface area (Å²) in [5, 5.41) is 14.7. The molecule has 1 saturated heterocycles. The molecule has 0 spiro atoms. The molecule has 0 N–H and O–H groups in total. The molecule has 144 valence electrons. The topological polar surface area (TPSA) is 101 Å². The molecular formula is C17H19N3O5S2. The van der Waals surface area contributed by atoms with E-state index in [0.717, 1.165) is 5.56 Å². The Morgan fingerprint density at radius 2 is 1.78 bits per heavy atom. The van der Waals surface area contributed by atoms with Gasteiger partial charge in [-0.3, -0.25) is 14.9 Å². The number of amides is 1. The van der Waals surface area contributed by atoms with Crippen LogP contribution in [0.1, 0.15) is 12.0 Å². The lowest BCUT2D eigenvalue weighted by atomic mass is 10.1. The first-order chi connectivity index (χ1) is 12.9. The minimum atomic E-state index is -3.73. The number of rotatable bonds is 6. The summed E-state index contributed by atoms with van der Waals surface area (Å²) in [7, 11) is -3.73. The van der Waals surface area contributed by atoms with E-state index in [9.17, 15) is 23.3 Å². The van der Waals surface area contributed by atoms with Gasteiger partial charge in [0.05, 0.1) is 9.82 Å². The quantitative estimate of drug-likeness (QED) is 0.537. The average Bonchev–Trinajstić information content (AvgIpc) is 3.20. The van der Waals surface area contributed by atoms with Crippen LogP contribution in [0.4, 0.5) is 5.69 Å². The summed E-state index contributed by atoms with van der Waals surface area (Å²) in [5.41, 5.74) is 0.975. The SMILES string of the molecule is O=C(CCc1ccsc1)N1CCN(S(=O)(=O)c2ccc([N+](=O)[O-])cc2)CC1. The first kappa shape index (κ1) is 19.5. The molecule has 3 rings (SSSR count). The second-order valence-corrected chi connectivity index (χ2v) is 8.89. The van der Waals surface area contributed by atoms with Crippen LogP contribution in [0.15, 0.2) is 46.0 Å². The lowest BCUT2D eigenvalue weighted by Gasteiger charge is -2.34. The van der Waals surface area contributed by atoms with Gasteiger partial charge in [0.1, 0.15) is 0 Å². The average molecular weight is 409 g/mol. The van der Waals surface area contributed by atoms with Crippen molar-refractivity contribution in [3.8, 4) is 0 Å². The molecule has 0 saturated carbocycles. The molecule has 0 bridgehead atoms. The Hall–Kier alpha value is -2.30. The number of hydrogen-bond acceptors (Lipinski definition) is 6. The van der Waals surface area contributed by atoms with Crippen molar-refractivity contribution in [2.75, 3.05) is 26.2 Å². The van der Waals surface area contributed by atoms with E-state index in [4.69, 9.17) is 0 Å². The smallest absolute Gasteiger partial charge is 0.269 e. The number of nitro groups is 1. The molecule has 8 nitrogen and oxygen atoms in total. The molecule has 0 unspecified atom stereocenters. The molecule has 10 heteroatoms. The Labute approximate surface area is 161 Å². The van der Waals surface area contributed by atoms with Crippen molar-refractivity contribution in [2.24, 2.45) is 0 Å². The number of carbonyl (C=O) groups is 1. The van der Waals surface area contributed by atoms with Crippen molar-refractivity contribution in [1.82, 2.24) is 9.21 Å². The number of nitrogens with zero attached hydrogens (tertiary/aromatic N) is 3. The van der Waals surface area contributed by atoms with E-state index < -0.39 is 14.9 Å². The normalized spacial score (nSPS) is 15.6. The van der Waals surface area contributed by atoms with E-state index in [1.165, 1.54) is 28.6 Å². The van der Waals surface area contributed by atoms with E-state index >= 15 is 0 Å². The zero-order valence-electron chi connectivity index (χ0n) is 14.5.